The fourth-order valence-corrected chi connectivity index (χ4v) is 5.79. The van der Waals surface area contributed by atoms with E-state index in [0.717, 1.165) is 23.5 Å². The van der Waals surface area contributed by atoms with Gasteiger partial charge in [0.15, 0.2) is 0 Å². The zero-order valence-electron chi connectivity index (χ0n) is 18.4. The topological polar surface area (TPSA) is 92.3 Å². The highest BCUT2D eigenvalue weighted by Gasteiger charge is 2.34. The number of rotatable bonds is 7. The van der Waals surface area contributed by atoms with Crippen LogP contribution in [0, 0.1) is 0 Å². The summed E-state index contributed by atoms with van der Waals surface area (Å²) in [4.78, 5) is 12.7. The molecule has 0 bridgehead atoms. The van der Waals surface area contributed by atoms with Crippen molar-refractivity contribution >= 4 is 61.3 Å². The first-order valence-electron chi connectivity index (χ1n) is 10.3. The third-order valence-corrected chi connectivity index (χ3v) is 8.16. The van der Waals surface area contributed by atoms with Crippen LogP contribution >= 0.6 is 34.5 Å². The van der Waals surface area contributed by atoms with Gasteiger partial charge in [-0.1, -0.05) is 64.9 Å². The van der Waals surface area contributed by atoms with Crippen LogP contribution in [0.1, 0.15) is 5.56 Å². The van der Waals surface area contributed by atoms with Gasteiger partial charge in [0.25, 0.3) is 10.0 Å². The van der Waals surface area contributed by atoms with Gasteiger partial charge >= 0.3 is 6.18 Å². The Morgan fingerprint density at radius 3 is 2.30 bits per heavy atom. The number of nitrogens with zero attached hydrogens (tertiary/aromatic N) is 3. The van der Waals surface area contributed by atoms with Crippen LogP contribution in [0.2, 0.25) is 10.0 Å². The van der Waals surface area contributed by atoms with Gasteiger partial charge in [0.2, 0.25) is 11.0 Å². The van der Waals surface area contributed by atoms with Crippen molar-refractivity contribution in [2.75, 3.05) is 16.2 Å². The van der Waals surface area contributed by atoms with Gasteiger partial charge in [-0.2, -0.15) is 13.2 Å². The summed E-state index contributed by atoms with van der Waals surface area (Å²) in [6.45, 7) is -0.881. The molecule has 0 fully saturated rings. The minimum atomic E-state index is -4.77. The Bertz CT molecular complexity index is 1530. The Labute approximate surface area is 223 Å². The average molecular weight is 587 g/mol. The highest BCUT2D eigenvalue weighted by molar-refractivity contribution is 7.92. The third-order valence-electron chi connectivity index (χ3n) is 4.92. The molecule has 0 atom stereocenters. The molecule has 3 aromatic carbocycles. The van der Waals surface area contributed by atoms with Crippen LogP contribution in [-0.2, 0) is 21.0 Å². The lowest BCUT2D eigenvalue weighted by Crippen LogP contribution is -2.38. The normalized spacial score (nSPS) is 11.8. The second-order valence-corrected chi connectivity index (χ2v) is 11.1. The summed E-state index contributed by atoms with van der Waals surface area (Å²) in [7, 11) is -4.49. The number of anilines is 2. The number of aromatic nitrogens is 2. The van der Waals surface area contributed by atoms with E-state index < -0.39 is 39.9 Å². The molecule has 0 spiro atoms. The number of halogens is 5. The molecule has 0 saturated heterocycles. The molecule has 0 unspecified atom stereocenters. The highest BCUT2D eigenvalue weighted by atomic mass is 35.5. The van der Waals surface area contributed by atoms with Gasteiger partial charge < -0.3 is 0 Å². The standard InChI is InChI=1S/C23H15Cl2F3N4O3S2/c24-16-9-6-14(7-10-16)21-30-31-22(36-21)29-20(33)13-32(37(34,35)17-4-2-1-3-5-17)19-12-15(23(26,27)28)8-11-18(19)25/h1-12H,13H2,(H,29,31,33). The second-order valence-electron chi connectivity index (χ2n) is 7.46. The fourth-order valence-electron chi connectivity index (χ4n) is 3.17. The Hall–Kier alpha value is -3.19. The molecule has 1 amide bonds. The van der Waals surface area contributed by atoms with E-state index in [2.05, 4.69) is 15.5 Å². The Balaban J connectivity index is 1.66. The van der Waals surface area contributed by atoms with Crippen molar-refractivity contribution in [3.05, 3.63) is 88.4 Å². The molecule has 0 radical (unpaired) electrons. The van der Waals surface area contributed by atoms with Crippen LogP contribution in [0.5, 0.6) is 0 Å². The molecule has 4 aromatic rings. The summed E-state index contributed by atoms with van der Waals surface area (Å²) in [5.74, 6) is -0.869. The first-order valence-corrected chi connectivity index (χ1v) is 13.3. The van der Waals surface area contributed by atoms with E-state index in [-0.39, 0.29) is 15.0 Å². The summed E-state index contributed by atoms with van der Waals surface area (Å²) >= 11 is 13.0. The molecule has 1 aromatic heterocycles. The minimum absolute atomic E-state index is 0.0575. The number of nitrogens with one attached hydrogen (secondary N) is 1. The third kappa shape index (κ3) is 6.21. The van der Waals surface area contributed by atoms with Gasteiger partial charge in [-0.05, 0) is 42.5 Å². The summed E-state index contributed by atoms with van der Waals surface area (Å²) in [5.41, 5.74) is -0.946. The SMILES string of the molecule is O=C(CN(c1cc(C(F)(F)F)ccc1Cl)S(=O)(=O)c1ccccc1)Nc1nnc(-c2ccc(Cl)cc2)s1. The number of benzene rings is 3. The van der Waals surface area contributed by atoms with Crippen molar-refractivity contribution in [3.8, 4) is 10.6 Å². The number of hydrogen-bond acceptors (Lipinski definition) is 6. The predicted molar refractivity (Wildman–Crippen MR) is 136 cm³/mol. The maximum Gasteiger partial charge on any atom is 0.416 e. The minimum Gasteiger partial charge on any atom is -0.299 e. The van der Waals surface area contributed by atoms with Crippen molar-refractivity contribution < 1.29 is 26.4 Å². The van der Waals surface area contributed by atoms with Gasteiger partial charge in [0.1, 0.15) is 11.6 Å². The van der Waals surface area contributed by atoms with Crippen LogP contribution in [0.25, 0.3) is 10.6 Å². The molecule has 0 saturated carbocycles. The summed E-state index contributed by atoms with van der Waals surface area (Å²) in [6, 6.07) is 15.9. The van der Waals surface area contributed by atoms with Gasteiger partial charge in [-0.3, -0.25) is 14.4 Å². The summed E-state index contributed by atoms with van der Waals surface area (Å²) in [6.07, 6.45) is -4.77. The lowest BCUT2D eigenvalue weighted by molar-refractivity contribution is -0.137. The predicted octanol–water partition coefficient (Wildman–Crippen LogP) is 6.36. The first-order chi connectivity index (χ1) is 17.4. The maximum atomic E-state index is 13.4. The van der Waals surface area contributed by atoms with Crippen LogP contribution in [0.15, 0.2) is 77.7 Å². The van der Waals surface area contributed by atoms with Crippen LogP contribution < -0.4 is 9.62 Å². The molecular weight excluding hydrogens is 572 g/mol. The van der Waals surface area contributed by atoms with E-state index in [1.54, 1.807) is 30.3 Å². The lowest BCUT2D eigenvalue weighted by Gasteiger charge is -2.25. The molecular formula is C23H15Cl2F3N4O3S2. The molecule has 1 N–H and O–H groups in total. The zero-order chi connectivity index (χ0) is 26.8. The van der Waals surface area contributed by atoms with E-state index in [4.69, 9.17) is 23.2 Å². The largest absolute Gasteiger partial charge is 0.416 e. The Morgan fingerprint density at radius 2 is 1.65 bits per heavy atom. The van der Waals surface area contributed by atoms with Crippen LogP contribution in [0.3, 0.4) is 0 Å². The monoisotopic (exact) mass is 586 g/mol. The van der Waals surface area contributed by atoms with E-state index >= 15 is 0 Å². The second kappa shape index (κ2) is 10.7. The smallest absolute Gasteiger partial charge is 0.299 e. The number of hydrogen-bond donors (Lipinski definition) is 1. The Morgan fingerprint density at radius 1 is 0.973 bits per heavy atom. The maximum absolute atomic E-state index is 13.4. The van der Waals surface area contributed by atoms with Crippen LogP contribution in [-0.4, -0.2) is 31.1 Å². The number of amides is 1. The molecule has 14 heteroatoms. The molecule has 1 heterocycles. The molecule has 7 nitrogen and oxygen atoms in total. The van der Waals surface area contributed by atoms with Crippen molar-refractivity contribution in [1.82, 2.24) is 10.2 Å². The highest BCUT2D eigenvalue weighted by Crippen LogP contribution is 2.37. The van der Waals surface area contributed by atoms with Gasteiger partial charge in [-0.25, -0.2) is 8.42 Å². The molecule has 192 valence electrons. The molecule has 0 aliphatic rings. The average Bonchev–Trinajstić information content (AvgIpc) is 3.31. The number of alkyl halides is 3. The van der Waals surface area contributed by atoms with E-state index in [1.165, 1.54) is 24.3 Å². The molecule has 0 aliphatic carbocycles. The van der Waals surface area contributed by atoms with Gasteiger partial charge in [0.05, 0.1) is 21.2 Å². The van der Waals surface area contributed by atoms with E-state index in [9.17, 15) is 26.4 Å². The number of sulfonamides is 1. The van der Waals surface area contributed by atoms with Gasteiger partial charge in [-0.15, -0.1) is 10.2 Å². The van der Waals surface area contributed by atoms with Gasteiger partial charge in [0, 0.05) is 10.6 Å². The first kappa shape index (κ1) is 26.9. The summed E-state index contributed by atoms with van der Waals surface area (Å²) in [5, 5.41) is 11.1. The lowest BCUT2D eigenvalue weighted by atomic mass is 10.2. The van der Waals surface area contributed by atoms with Crippen molar-refractivity contribution in [2.45, 2.75) is 11.1 Å². The van der Waals surface area contributed by atoms with Crippen molar-refractivity contribution in [3.63, 3.8) is 0 Å². The van der Waals surface area contributed by atoms with E-state index in [0.29, 0.717) is 26.0 Å². The van der Waals surface area contributed by atoms with Crippen molar-refractivity contribution in [2.24, 2.45) is 0 Å². The number of carbonyl (C=O) groups excluding carboxylic acids is 1. The number of carbonyl (C=O) groups is 1. The Kier molecular flexibility index (Phi) is 7.74. The fraction of sp³-hybridized carbons (Fsp3) is 0.0870. The van der Waals surface area contributed by atoms with Crippen LogP contribution in [0.4, 0.5) is 24.0 Å². The quantitative estimate of drug-likeness (QED) is 0.272. The molecule has 4 rings (SSSR count). The van der Waals surface area contributed by atoms with E-state index in [1.807, 2.05) is 0 Å². The zero-order valence-corrected chi connectivity index (χ0v) is 21.6. The summed E-state index contributed by atoms with van der Waals surface area (Å²) < 4.78 is 67.5. The van der Waals surface area contributed by atoms with Crippen molar-refractivity contribution in [1.29, 1.82) is 0 Å². The molecule has 0 aliphatic heterocycles. The molecule has 37 heavy (non-hydrogen) atoms.